The summed E-state index contributed by atoms with van der Waals surface area (Å²) in [6.07, 6.45) is 0. The van der Waals surface area contributed by atoms with Gasteiger partial charge < -0.3 is 0 Å². The standard InChI is InChI=1S/C24H18N2S/c1-15-6-5-7-18(12-15)24-25-16(2)13-21(26-24)17-10-11-20-19-8-3-4-9-22(19)27-23(20)14-17/h3-14H,1-2H3/i5D,6D,7D,12D. The van der Waals surface area contributed by atoms with E-state index in [2.05, 4.69) is 34.2 Å². The number of fused-ring (bicyclic) bond motifs is 3. The highest BCUT2D eigenvalue weighted by atomic mass is 32.1. The lowest BCUT2D eigenvalue weighted by atomic mass is 10.1. The van der Waals surface area contributed by atoms with Crippen LogP contribution >= 0.6 is 11.3 Å². The summed E-state index contributed by atoms with van der Waals surface area (Å²) in [5.41, 5.74) is 2.92. The summed E-state index contributed by atoms with van der Waals surface area (Å²) >= 11 is 1.74. The number of rotatable bonds is 2. The van der Waals surface area contributed by atoms with Crippen molar-refractivity contribution < 1.29 is 5.48 Å². The molecule has 2 aromatic heterocycles. The van der Waals surface area contributed by atoms with Crippen LogP contribution in [0.5, 0.6) is 0 Å². The Bertz CT molecular complexity index is 1480. The number of nitrogens with zero attached hydrogens (tertiary/aromatic N) is 2. The molecule has 130 valence electrons. The molecule has 0 atom stereocenters. The van der Waals surface area contributed by atoms with Gasteiger partial charge in [-0.05, 0) is 38.1 Å². The van der Waals surface area contributed by atoms with Crippen LogP contribution in [0.15, 0.2) is 72.7 Å². The van der Waals surface area contributed by atoms with Crippen molar-refractivity contribution in [1.82, 2.24) is 9.97 Å². The van der Waals surface area contributed by atoms with Gasteiger partial charge in [0.15, 0.2) is 5.82 Å². The summed E-state index contributed by atoms with van der Waals surface area (Å²) in [5.74, 6) is 0.248. The van der Waals surface area contributed by atoms with Crippen molar-refractivity contribution in [3.63, 3.8) is 0 Å². The number of thiophene rings is 1. The van der Waals surface area contributed by atoms with Crippen LogP contribution in [-0.4, -0.2) is 9.97 Å². The van der Waals surface area contributed by atoms with Crippen LogP contribution in [-0.2, 0) is 0 Å². The van der Waals surface area contributed by atoms with Gasteiger partial charge in [-0.25, -0.2) is 9.97 Å². The zero-order valence-electron chi connectivity index (χ0n) is 18.9. The van der Waals surface area contributed by atoms with Gasteiger partial charge in [0.1, 0.15) is 0 Å². The minimum absolute atomic E-state index is 0.0301. The molecular formula is C24H18N2S. The van der Waals surface area contributed by atoms with Gasteiger partial charge in [0.25, 0.3) is 0 Å². The van der Waals surface area contributed by atoms with Crippen molar-refractivity contribution in [2.45, 2.75) is 13.8 Å². The van der Waals surface area contributed by atoms with Crippen LogP contribution in [0.3, 0.4) is 0 Å². The van der Waals surface area contributed by atoms with E-state index < -0.39 is 0 Å². The summed E-state index contributed by atoms with van der Waals surface area (Å²) in [5, 5.41) is 2.44. The van der Waals surface area contributed by atoms with Crippen LogP contribution in [0.2, 0.25) is 0 Å². The van der Waals surface area contributed by atoms with Gasteiger partial charge in [-0.2, -0.15) is 0 Å². The SMILES string of the molecule is [2H]c1c([2H])c(C)c([2H])c(-c2nc(C)cc(-c3ccc4c(c3)sc3ccccc34)n2)c1[2H]. The Kier molecular flexibility index (Phi) is 2.88. The van der Waals surface area contributed by atoms with Crippen LogP contribution < -0.4 is 0 Å². The second-order valence-corrected chi connectivity index (χ2v) is 7.61. The Morgan fingerprint density at radius 2 is 1.70 bits per heavy atom. The molecule has 0 fully saturated rings. The van der Waals surface area contributed by atoms with E-state index in [1.54, 1.807) is 18.3 Å². The van der Waals surface area contributed by atoms with Gasteiger partial charge >= 0.3 is 0 Å². The maximum Gasteiger partial charge on any atom is 0.160 e. The van der Waals surface area contributed by atoms with Crippen LogP contribution in [0.4, 0.5) is 0 Å². The minimum Gasteiger partial charge on any atom is -0.233 e. The van der Waals surface area contributed by atoms with Gasteiger partial charge in [-0.1, -0.05) is 54.0 Å². The Balaban J connectivity index is 1.71. The molecule has 3 aromatic carbocycles. The van der Waals surface area contributed by atoms with Gasteiger partial charge in [0, 0.05) is 37.0 Å². The Hall–Kier alpha value is -3.04. The molecule has 0 radical (unpaired) electrons. The second kappa shape index (κ2) is 6.29. The number of benzene rings is 3. The number of hydrogen-bond acceptors (Lipinski definition) is 3. The molecule has 0 N–H and O–H groups in total. The van der Waals surface area contributed by atoms with Crippen LogP contribution in [0.25, 0.3) is 42.8 Å². The fraction of sp³-hybridized carbons (Fsp3) is 0.0833. The molecule has 2 heterocycles. The van der Waals surface area contributed by atoms with Crippen molar-refractivity contribution in [3.05, 3.63) is 84.0 Å². The Labute approximate surface area is 167 Å². The third-order valence-electron chi connectivity index (χ3n) is 4.50. The number of hydrogen-bond donors (Lipinski definition) is 0. The fourth-order valence-corrected chi connectivity index (χ4v) is 4.41. The van der Waals surface area contributed by atoms with Crippen LogP contribution in [0, 0.1) is 13.8 Å². The average molecular weight is 371 g/mol. The molecule has 0 unspecified atom stereocenters. The normalized spacial score (nSPS) is 13.4. The number of aromatic nitrogens is 2. The predicted molar refractivity (Wildman–Crippen MR) is 115 cm³/mol. The maximum absolute atomic E-state index is 8.42. The van der Waals surface area contributed by atoms with E-state index in [1.165, 1.54) is 20.2 Å². The zero-order valence-corrected chi connectivity index (χ0v) is 15.7. The van der Waals surface area contributed by atoms with Crippen molar-refractivity contribution in [3.8, 4) is 22.6 Å². The fourth-order valence-electron chi connectivity index (χ4n) is 3.26. The maximum atomic E-state index is 8.42. The lowest BCUT2D eigenvalue weighted by molar-refractivity contribution is 1.11. The van der Waals surface area contributed by atoms with Gasteiger partial charge in [0.2, 0.25) is 0 Å². The van der Waals surface area contributed by atoms with Crippen molar-refractivity contribution in [1.29, 1.82) is 0 Å². The van der Waals surface area contributed by atoms with Crippen molar-refractivity contribution in [2.24, 2.45) is 0 Å². The van der Waals surface area contributed by atoms with E-state index in [-0.39, 0.29) is 35.6 Å². The third-order valence-corrected chi connectivity index (χ3v) is 5.64. The summed E-state index contributed by atoms with van der Waals surface area (Å²) < 4.78 is 35.2. The quantitative estimate of drug-likeness (QED) is 0.342. The summed E-state index contributed by atoms with van der Waals surface area (Å²) in [6, 6.07) is 16.0. The van der Waals surface area contributed by atoms with E-state index in [9.17, 15) is 0 Å². The lowest BCUT2D eigenvalue weighted by Crippen LogP contribution is -1.95. The first kappa shape index (κ1) is 12.4. The van der Waals surface area contributed by atoms with Gasteiger partial charge in [-0.15, -0.1) is 11.3 Å². The Morgan fingerprint density at radius 1 is 0.852 bits per heavy atom. The highest BCUT2D eigenvalue weighted by Crippen LogP contribution is 2.36. The van der Waals surface area contributed by atoms with Gasteiger partial charge in [-0.3, -0.25) is 0 Å². The van der Waals surface area contributed by atoms with E-state index in [0.29, 0.717) is 11.3 Å². The van der Waals surface area contributed by atoms with Gasteiger partial charge in [0.05, 0.1) is 11.2 Å². The molecule has 0 saturated carbocycles. The topological polar surface area (TPSA) is 25.8 Å². The summed E-state index contributed by atoms with van der Waals surface area (Å²) in [7, 11) is 0. The molecule has 0 aliphatic rings. The molecule has 0 aliphatic heterocycles. The molecule has 0 spiro atoms. The monoisotopic (exact) mass is 370 g/mol. The molecule has 27 heavy (non-hydrogen) atoms. The smallest absolute Gasteiger partial charge is 0.160 e. The third kappa shape index (κ3) is 2.90. The molecule has 5 rings (SSSR count). The first-order chi connectivity index (χ1) is 14.8. The first-order valence-electron chi connectivity index (χ1n) is 10.7. The van der Waals surface area contributed by atoms with Crippen LogP contribution in [0.1, 0.15) is 16.7 Å². The molecule has 5 aromatic rings. The summed E-state index contributed by atoms with van der Waals surface area (Å²) in [6.45, 7) is 3.48. The van der Waals surface area contributed by atoms with E-state index in [0.717, 1.165) is 11.3 Å². The average Bonchev–Trinajstić information content (AvgIpc) is 3.14. The molecule has 0 bridgehead atoms. The molecule has 2 nitrogen and oxygen atoms in total. The second-order valence-electron chi connectivity index (χ2n) is 6.53. The first-order valence-corrected chi connectivity index (χ1v) is 9.51. The van der Waals surface area contributed by atoms with E-state index >= 15 is 0 Å². The minimum atomic E-state index is -0.207. The molecule has 3 heteroatoms. The molecular weight excluding hydrogens is 348 g/mol. The van der Waals surface area contributed by atoms with E-state index in [4.69, 9.17) is 5.48 Å². The number of aryl methyl sites for hydroxylation is 1. The highest BCUT2D eigenvalue weighted by molar-refractivity contribution is 7.25. The van der Waals surface area contributed by atoms with Crippen molar-refractivity contribution in [2.75, 3.05) is 0 Å². The van der Waals surface area contributed by atoms with E-state index in [1.807, 2.05) is 31.2 Å². The predicted octanol–water partition coefficient (Wildman–Crippen LogP) is 6.80. The summed E-state index contributed by atoms with van der Waals surface area (Å²) in [4.78, 5) is 9.14. The lowest BCUT2D eigenvalue weighted by Gasteiger charge is -2.07. The zero-order chi connectivity index (χ0) is 21.9. The Morgan fingerprint density at radius 3 is 2.63 bits per heavy atom. The highest BCUT2D eigenvalue weighted by Gasteiger charge is 2.10. The molecule has 0 aliphatic carbocycles. The molecule has 0 saturated heterocycles. The largest absolute Gasteiger partial charge is 0.233 e. The van der Waals surface area contributed by atoms with Crippen molar-refractivity contribution >= 4 is 31.5 Å². The molecule has 0 amide bonds.